The van der Waals surface area contributed by atoms with Gasteiger partial charge in [-0.3, -0.25) is 4.79 Å². The fourth-order valence-corrected chi connectivity index (χ4v) is 4.09. The molecular formula is C14H26N2OS. The first-order chi connectivity index (χ1) is 8.59. The molecule has 1 amide bonds. The van der Waals surface area contributed by atoms with E-state index in [9.17, 15) is 4.79 Å². The van der Waals surface area contributed by atoms with Crippen LogP contribution < -0.4 is 10.6 Å². The highest BCUT2D eigenvalue weighted by Gasteiger charge is 2.30. The molecule has 2 rings (SSSR count). The Kier molecular flexibility index (Phi) is 4.96. The molecule has 0 radical (unpaired) electrons. The summed E-state index contributed by atoms with van der Waals surface area (Å²) in [4.78, 5) is 12.0. The van der Waals surface area contributed by atoms with Crippen LogP contribution in [0.15, 0.2) is 0 Å². The number of carbonyl (C=O) groups is 1. The van der Waals surface area contributed by atoms with Crippen LogP contribution in [0.1, 0.15) is 52.4 Å². The van der Waals surface area contributed by atoms with Crippen molar-refractivity contribution in [2.24, 2.45) is 0 Å². The van der Waals surface area contributed by atoms with Gasteiger partial charge in [0, 0.05) is 17.3 Å². The number of thioether (sulfide) groups is 1. The Morgan fingerprint density at radius 2 is 2.11 bits per heavy atom. The van der Waals surface area contributed by atoms with E-state index in [1.54, 1.807) is 0 Å². The normalized spacial score (nSPS) is 30.6. The van der Waals surface area contributed by atoms with Crippen LogP contribution in [-0.2, 0) is 4.79 Å². The van der Waals surface area contributed by atoms with Gasteiger partial charge in [-0.2, -0.15) is 11.8 Å². The minimum absolute atomic E-state index is 0.0661. The molecule has 1 heterocycles. The molecule has 2 fully saturated rings. The van der Waals surface area contributed by atoms with Crippen molar-refractivity contribution >= 4 is 17.7 Å². The Bertz CT molecular complexity index is 284. The highest BCUT2D eigenvalue weighted by molar-refractivity contribution is 8.00. The lowest BCUT2D eigenvalue weighted by Gasteiger charge is -2.26. The first-order valence-corrected chi connectivity index (χ1v) is 8.25. The molecule has 104 valence electrons. The predicted molar refractivity (Wildman–Crippen MR) is 78.0 cm³/mol. The molecule has 1 saturated heterocycles. The van der Waals surface area contributed by atoms with E-state index in [-0.39, 0.29) is 11.9 Å². The van der Waals surface area contributed by atoms with Crippen LogP contribution in [0.4, 0.5) is 0 Å². The van der Waals surface area contributed by atoms with E-state index in [0.717, 1.165) is 19.4 Å². The van der Waals surface area contributed by atoms with Crippen molar-refractivity contribution in [2.75, 3.05) is 12.3 Å². The quantitative estimate of drug-likeness (QED) is 0.805. The first kappa shape index (κ1) is 14.2. The van der Waals surface area contributed by atoms with Gasteiger partial charge in [-0.1, -0.05) is 12.8 Å². The summed E-state index contributed by atoms with van der Waals surface area (Å²) < 4.78 is 0.335. The highest BCUT2D eigenvalue weighted by atomic mass is 32.2. The Morgan fingerprint density at radius 1 is 1.39 bits per heavy atom. The van der Waals surface area contributed by atoms with E-state index >= 15 is 0 Å². The average molecular weight is 270 g/mol. The van der Waals surface area contributed by atoms with Gasteiger partial charge in [-0.15, -0.1) is 0 Å². The van der Waals surface area contributed by atoms with E-state index < -0.39 is 0 Å². The summed E-state index contributed by atoms with van der Waals surface area (Å²) in [5.74, 6) is 1.44. The first-order valence-electron chi connectivity index (χ1n) is 7.27. The Balaban J connectivity index is 1.69. The summed E-state index contributed by atoms with van der Waals surface area (Å²) in [6, 6.07) is 0.363. The largest absolute Gasteiger partial charge is 0.352 e. The van der Waals surface area contributed by atoms with E-state index in [4.69, 9.17) is 0 Å². The smallest absolute Gasteiger partial charge is 0.237 e. The second-order valence-electron chi connectivity index (χ2n) is 5.99. The van der Waals surface area contributed by atoms with E-state index in [2.05, 4.69) is 17.6 Å². The summed E-state index contributed by atoms with van der Waals surface area (Å²) in [6.07, 6.45) is 7.42. The maximum absolute atomic E-state index is 12.0. The maximum atomic E-state index is 12.0. The van der Waals surface area contributed by atoms with Crippen LogP contribution in [0, 0.1) is 0 Å². The molecule has 2 unspecified atom stereocenters. The molecule has 0 spiro atoms. The summed E-state index contributed by atoms with van der Waals surface area (Å²) in [5, 5.41) is 6.56. The van der Waals surface area contributed by atoms with Gasteiger partial charge < -0.3 is 10.6 Å². The molecule has 0 aromatic rings. The average Bonchev–Trinajstić information content (AvgIpc) is 2.98. The Hall–Kier alpha value is -0.220. The van der Waals surface area contributed by atoms with Crippen LogP contribution >= 0.6 is 11.8 Å². The van der Waals surface area contributed by atoms with E-state index in [1.165, 1.54) is 31.4 Å². The topological polar surface area (TPSA) is 41.1 Å². The van der Waals surface area contributed by atoms with Crippen LogP contribution in [0.2, 0.25) is 0 Å². The molecule has 1 aliphatic carbocycles. The molecule has 2 N–H and O–H groups in total. The molecule has 3 nitrogen and oxygen atoms in total. The minimum Gasteiger partial charge on any atom is -0.352 e. The van der Waals surface area contributed by atoms with Crippen molar-refractivity contribution in [1.29, 1.82) is 0 Å². The summed E-state index contributed by atoms with van der Waals surface area (Å²) >= 11 is 2.04. The van der Waals surface area contributed by atoms with Crippen molar-refractivity contribution in [2.45, 2.75) is 69.2 Å². The van der Waals surface area contributed by atoms with Crippen LogP contribution in [0.5, 0.6) is 0 Å². The van der Waals surface area contributed by atoms with Gasteiger partial charge in [0.05, 0.1) is 6.04 Å². The predicted octanol–water partition coefficient (Wildman–Crippen LogP) is 2.31. The number of hydrogen-bond acceptors (Lipinski definition) is 3. The highest BCUT2D eigenvalue weighted by Crippen LogP contribution is 2.37. The molecule has 2 aliphatic rings. The second kappa shape index (κ2) is 6.29. The number of hydrogen-bond donors (Lipinski definition) is 2. The summed E-state index contributed by atoms with van der Waals surface area (Å²) in [5.41, 5.74) is 0. The lowest BCUT2D eigenvalue weighted by atomic mass is 10.1. The van der Waals surface area contributed by atoms with Gasteiger partial charge in [-0.05, 0) is 45.3 Å². The number of carbonyl (C=O) groups excluding carboxylic acids is 1. The maximum Gasteiger partial charge on any atom is 0.237 e. The fraction of sp³-hybridized carbons (Fsp3) is 0.929. The van der Waals surface area contributed by atoms with E-state index in [1.807, 2.05) is 18.7 Å². The zero-order valence-corrected chi connectivity index (χ0v) is 12.4. The molecule has 0 bridgehead atoms. The molecule has 1 aliphatic heterocycles. The number of rotatable bonds is 5. The zero-order chi connectivity index (χ0) is 13.0. The molecule has 18 heavy (non-hydrogen) atoms. The third kappa shape index (κ3) is 3.89. The lowest BCUT2D eigenvalue weighted by Crippen LogP contribution is -2.48. The van der Waals surface area contributed by atoms with Crippen LogP contribution in [0.3, 0.4) is 0 Å². The molecule has 4 heteroatoms. The standard InChI is InChI=1S/C14H26N2OS/c1-11(13(17)16-12-6-3-4-7-12)15-10-14(2)8-5-9-18-14/h11-12,15H,3-10H2,1-2H3,(H,16,17). The second-order valence-corrected chi connectivity index (χ2v) is 7.68. The van der Waals surface area contributed by atoms with Gasteiger partial charge in [0.25, 0.3) is 0 Å². The fourth-order valence-electron chi connectivity index (χ4n) is 2.83. The minimum atomic E-state index is -0.0661. The monoisotopic (exact) mass is 270 g/mol. The Morgan fingerprint density at radius 3 is 2.72 bits per heavy atom. The van der Waals surface area contributed by atoms with Crippen LogP contribution in [0.25, 0.3) is 0 Å². The van der Waals surface area contributed by atoms with Gasteiger partial charge in [0.2, 0.25) is 5.91 Å². The van der Waals surface area contributed by atoms with Crippen molar-refractivity contribution in [3.8, 4) is 0 Å². The lowest BCUT2D eigenvalue weighted by molar-refractivity contribution is -0.123. The van der Waals surface area contributed by atoms with Gasteiger partial charge in [-0.25, -0.2) is 0 Å². The van der Waals surface area contributed by atoms with Gasteiger partial charge in [0.1, 0.15) is 0 Å². The van der Waals surface area contributed by atoms with Crippen molar-refractivity contribution in [3.63, 3.8) is 0 Å². The van der Waals surface area contributed by atoms with Gasteiger partial charge in [0.15, 0.2) is 0 Å². The van der Waals surface area contributed by atoms with Crippen molar-refractivity contribution < 1.29 is 4.79 Å². The Labute approximate surface area is 115 Å². The van der Waals surface area contributed by atoms with Crippen molar-refractivity contribution in [3.05, 3.63) is 0 Å². The van der Waals surface area contributed by atoms with Gasteiger partial charge >= 0.3 is 0 Å². The molecular weight excluding hydrogens is 244 g/mol. The molecule has 0 aromatic carbocycles. The third-order valence-corrected chi connectivity index (χ3v) is 5.72. The molecule has 2 atom stereocenters. The summed E-state index contributed by atoms with van der Waals surface area (Å²) in [6.45, 7) is 5.23. The zero-order valence-electron chi connectivity index (χ0n) is 11.6. The number of nitrogens with one attached hydrogen (secondary N) is 2. The SMILES string of the molecule is CC(NCC1(C)CCCS1)C(=O)NC1CCCC1. The van der Waals surface area contributed by atoms with Crippen molar-refractivity contribution in [1.82, 2.24) is 10.6 Å². The van der Waals surface area contributed by atoms with E-state index in [0.29, 0.717) is 10.8 Å². The van der Waals surface area contributed by atoms with Crippen LogP contribution in [-0.4, -0.2) is 35.0 Å². The number of amides is 1. The molecule has 1 saturated carbocycles. The molecule has 0 aromatic heterocycles. The third-order valence-electron chi connectivity index (χ3n) is 4.18. The summed E-state index contributed by atoms with van der Waals surface area (Å²) in [7, 11) is 0.